The molecule has 0 unspecified atom stereocenters. The molecule has 7 heteroatoms. The second kappa shape index (κ2) is 10.8. The van der Waals surface area contributed by atoms with E-state index in [4.69, 9.17) is 11.6 Å². The number of carbonyl (C=O) groups is 1. The standard InChI is InChI=1S/C28H36ClN5O/c1-20-10-8-13-25(21(20)2)33-18-16-32(17-19-33)15-9-14-31(5)28(35)27-22(3)34(23(4)30-27)26-12-7-6-11-24(26)29/h6-8,10-13H,9,14-19H2,1-5H3. The lowest BCUT2D eigenvalue weighted by molar-refractivity contribution is 0.0782. The number of hydrogen-bond donors (Lipinski definition) is 0. The van der Waals surface area contributed by atoms with Crippen LogP contribution < -0.4 is 4.90 Å². The lowest BCUT2D eigenvalue weighted by Gasteiger charge is -2.37. The maximum Gasteiger partial charge on any atom is 0.274 e. The molecule has 35 heavy (non-hydrogen) atoms. The lowest BCUT2D eigenvalue weighted by atomic mass is 10.1. The van der Waals surface area contributed by atoms with Crippen molar-refractivity contribution in [2.75, 3.05) is 51.2 Å². The van der Waals surface area contributed by atoms with E-state index in [2.05, 4.69) is 46.8 Å². The average molecular weight is 494 g/mol. The summed E-state index contributed by atoms with van der Waals surface area (Å²) in [6.45, 7) is 14.1. The molecule has 3 aromatic rings. The van der Waals surface area contributed by atoms with Crippen LogP contribution in [0.15, 0.2) is 42.5 Å². The van der Waals surface area contributed by atoms with Crippen molar-refractivity contribution in [2.24, 2.45) is 0 Å². The van der Waals surface area contributed by atoms with E-state index in [-0.39, 0.29) is 5.91 Å². The fraction of sp³-hybridized carbons (Fsp3) is 0.429. The number of imidazole rings is 1. The largest absolute Gasteiger partial charge is 0.369 e. The molecule has 0 N–H and O–H groups in total. The highest BCUT2D eigenvalue weighted by molar-refractivity contribution is 6.32. The van der Waals surface area contributed by atoms with Gasteiger partial charge in [-0.2, -0.15) is 0 Å². The first-order chi connectivity index (χ1) is 16.8. The van der Waals surface area contributed by atoms with Crippen LogP contribution in [-0.4, -0.2) is 71.6 Å². The Kier molecular flexibility index (Phi) is 7.82. The van der Waals surface area contributed by atoms with Crippen LogP contribution in [0.3, 0.4) is 0 Å². The Hall–Kier alpha value is -2.83. The molecule has 1 amide bonds. The topological polar surface area (TPSA) is 44.6 Å². The quantitative estimate of drug-likeness (QED) is 0.462. The number of rotatable bonds is 7. The second-order valence-corrected chi connectivity index (χ2v) is 9.92. The SMILES string of the molecule is Cc1cccc(N2CCN(CCCN(C)C(=O)c3nc(C)n(-c4ccccc4Cl)c3C)CC2)c1C. The van der Waals surface area contributed by atoms with E-state index in [0.29, 0.717) is 17.3 Å². The summed E-state index contributed by atoms with van der Waals surface area (Å²) in [5.74, 6) is 0.713. The molecule has 1 saturated heterocycles. The van der Waals surface area contributed by atoms with E-state index in [0.717, 1.165) is 56.4 Å². The fourth-order valence-corrected chi connectivity index (χ4v) is 5.16. The van der Waals surface area contributed by atoms with Gasteiger partial charge in [-0.1, -0.05) is 35.9 Å². The first-order valence-corrected chi connectivity index (χ1v) is 12.8. The molecular formula is C28H36ClN5O. The molecule has 0 atom stereocenters. The zero-order valence-corrected chi connectivity index (χ0v) is 22.3. The van der Waals surface area contributed by atoms with Gasteiger partial charge in [-0.3, -0.25) is 14.3 Å². The number of para-hydroxylation sites is 1. The zero-order chi connectivity index (χ0) is 25.1. The molecule has 0 aliphatic carbocycles. The normalized spacial score (nSPS) is 14.4. The van der Waals surface area contributed by atoms with Gasteiger partial charge in [-0.25, -0.2) is 4.98 Å². The summed E-state index contributed by atoms with van der Waals surface area (Å²) in [7, 11) is 1.87. The van der Waals surface area contributed by atoms with Crippen LogP contribution in [0.1, 0.15) is 39.6 Å². The number of aryl methyl sites for hydroxylation is 2. The number of hydrogen-bond acceptors (Lipinski definition) is 4. The van der Waals surface area contributed by atoms with Gasteiger partial charge in [0.1, 0.15) is 11.5 Å². The average Bonchev–Trinajstić information content (AvgIpc) is 3.14. The Labute approximate surface area is 214 Å². The molecular weight excluding hydrogens is 458 g/mol. The Bertz CT molecular complexity index is 1200. The molecule has 6 nitrogen and oxygen atoms in total. The molecule has 0 spiro atoms. The van der Waals surface area contributed by atoms with E-state index in [1.54, 1.807) is 4.90 Å². The van der Waals surface area contributed by atoms with E-state index in [1.165, 1.54) is 16.8 Å². The van der Waals surface area contributed by atoms with Crippen LogP contribution in [-0.2, 0) is 0 Å². The third-order valence-electron chi connectivity index (χ3n) is 7.17. The predicted octanol–water partition coefficient (Wildman–Crippen LogP) is 5.04. The van der Waals surface area contributed by atoms with Crippen LogP contribution in [0.25, 0.3) is 5.69 Å². The van der Waals surface area contributed by atoms with E-state index >= 15 is 0 Å². The Morgan fingerprint density at radius 1 is 0.971 bits per heavy atom. The predicted molar refractivity (Wildman–Crippen MR) is 144 cm³/mol. The van der Waals surface area contributed by atoms with Crippen molar-refractivity contribution in [2.45, 2.75) is 34.1 Å². The van der Waals surface area contributed by atoms with Gasteiger partial charge in [0, 0.05) is 45.5 Å². The molecule has 0 saturated carbocycles. The van der Waals surface area contributed by atoms with E-state index in [9.17, 15) is 4.79 Å². The summed E-state index contributed by atoms with van der Waals surface area (Å²) >= 11 is 6.40. The molecule has 1 aliphatic rings. The van der Waals surface area contributed by atoms with E-state index in [1.807, 2.05) is 49.7 Å². The molecule has 1 aliphatic heterocycles. The second-order valence-electron chi connectivity index (χ2n) is 9.51. The summed E-state index contributed by atoms with van der Waals surface area (Å²) in [6.07, 6.45) is 0.939. The smallest absolute Gasteiger partial charge is 0.274 e. The number of nitrogens with zero attached hydrogens (tertiary/aromatic N) is 5. The maximum atomic E-state index is 13.2. The third kappa shape index (κ3) is 5.39. The molecule has 1 fully saturated rings. The van der Waals surface area contributed by atoms with Gasteiger partial charge in [0.2, 0.25) is 0 Å². The molecule has 2 aromatic carbocycles. The first-order valence-electron chi connectivity index (χ1n) is 12.4. The number of amides is 1. The number of halogens is 1. The van der Waals surface area contributed by atoms with Gasteiger partial charge >= 0.3 is 0 Å². The molecule has 186 valence electrons. The molecule has 4 rings (SSSR count). The Morgan fingerprint density at radius 2 is 1.66 bits per heavy atom. The number of benzene rings is 2. The zero-order valence-electron chi connectivity index (χ0n) is 21.5. The van der Waals surface area contributed by atoms with E-state index < -0.39 is 0 Å². The van der Waals surface area contributed by atoms with Crippen molar-refractivity contribution in [3.8, 4) is 5.69 Å². The summed E-state index contributed by atoms with van der Waals surface area (Å²) < 4.78 is 1.96. The minimum Gasteiger partial charge on any atom is -0.369 e. The van der Waals surface area contributed by atoms with Crippen molar-refractivity contribution >= 4 is 23.2 Å². The monoisotopic (exact) mass is 493 g/mol. The van der Waals surface area contributed by atoms with Gasteiger partial charge < -0.3 is 9.80 Å². The minimum absolute atomic E-state index is 0.0452. The van der Waals surface area contributed by atoms with Gasteiger partial charge in [0.05, 0.1) is 16.4 Å². The summed E-state index contributed by atoms with van der Waals surface area (Å²) in [5.41, 5.74) is 6.24. The highest BCUT2D eigenvalue weighted by Crippen LogP contribution is 2.26. The summed E-state index contributed by atoms with van der Waals surface area (Å²) in [6, 6.07) is 14.2. The summed E-state index contributed by atoms with van der Waals surface area (Å²) in [4.78, 5) is 24.6. The van der Waals surface area contributed by atoms with Crippen LogP contribution in [0.4, 0.5) is 5.69 Å². The van der Waals surface area contributed by atoms with Gasteiger partial charge in [0.25, 0.3) is 5.91 Å². The highest BCUT2D eigenvalue weighted by Gasteiger charge is 2.23. The number of anilines is 1. The van der Waals surface area contributed by atoms with Crippen molar-refractivity contribution in [1.82, 2.24) is 19.4 Å². The van der Waals surface area contributed by atoms with Crippen molar-refractivity contribution in [1.29, 1.82) is 0 Å². The molecule has 0 bridgehead atoms. The van der Waals surface area contributed by atoms with Gasteiger partial charge in [-0.15, -0.1) is 0 Å². The minimum atomic E-state index is -0.0452. The number of carbonyl (C=O) groups excluding carboxylic acids is 1. The third-order valence-corrected chi connectivity index (χ3v) is 7.49. The Morgan fingerprint density at radius 3 is 2.37 bits per heavy atom. The number of aromatic nitrogens is 2. The fourth-order valence-electron chi connectivity index (χ4n) is 4.94. The van der Waals surface area contributed by atoms with Crippen molar-refractivity contribution in [3.63, 3.8) is 0 Å². The lowest BCUT2D eigenvalue weighted by Crippen LogP contribution is -2.47. The maximum absolute atomic E-state index is 13.2. The number of piperazine rings is 1. The highest BCUT2D eigenvalue weighted by atomic mass is 35.5. The molecule has 0 radical (unpaired) electrons. The van der Waals surface area contributed by atoms with Gasteiger partial charge in [-0.05, 0) is 70.0 Å². The van der Waals surface area contributed by atoms with Crippen LogP contribution in [0.2, 0.25) is 5.02 Å². The van der Waals surface area contributed by atoms with Crippen molar-refractivity contribution in [3.05, 3.63) is 75.8 Å². The van der Waals surface area contributed by atoms with Crippen LogP contribution in [0, 0.1) is 27.7 Å². The van der Waals surface area contributed by atoms with Crippen LogP contribution in [0.5, 0.6) is 0 Å². The summed E-state index contributed by atoms with van der Waals surface area (Å²) in [5, 5.41) is 0.640. The van der Waals surface area contributed by atoms with Crippen LogP contribution >= 0.6 is 11.6 Å². The molecule has 1 aromatic heterocycles. The van der Waals surface area contributed by atoms with Crippen molar-refractivity contribution < 1.29 is 4.79 Å². The van der Waals surface area contributed by atoms with Gasteiger partial charge in [0.15, 0.2) is 0 Å². The molecule has 2 heterocycles. The first kappa shape index (κ1) is 25.3. The Balaban J connectivity index is 1.30.